The first-order valence-electron chi connectivity index (χ1n) is 9.22. The molecule has 140 valence electrons. The fraction of sp³-hybridized carbons (Fsp3) is 0.286. The van der Waals surface area contributed by atoms with E-state index in [9.17, 15) is 4.79 Å². The van der Waals surface area contributed by atoms with Crippen LogP contribution < -0.4 is 4.90 Å². The predicted molar refractivity (Wildman–Crippen MR) is 110 cm³/mol. The van der Waals surface area contributed by atoms with Crippen molar-refractivity contribution in [1.82, 2.24) is 14.8 Å². The Morgan fingerprint density at radius 2 is 1.56 bits per heavy atom. The maximum absolute atomic E-state index is 13.1. The van der Waals surface area contributed by atoms with Gasteiger partial charge in [-0.25, -0.2) is 0 Å². The maximum atomic E-state index is 13.1. The molecule has 1 aromatic heterocycles. The minimum Gasteiger partial charge on any atom is -0.306 e. The Balaban J connectivity index is 1.80. The van der Waals surface area contributed by atoms with Gasteiger partial charge in [-0.2, -0.15) is 0 Å². The van der Waals surface area contributed by atoms with E-state index in [4.69, 9.17) is 0 Å². The molecule has 0 saturated heterocycles. The highest BCUT2D eigenvalue weighted by Gasteiger charge is 2.19. The van der Waals surface area contributed by atoms with Gasteiger partial charge in [0, 0.05) is 24.3 Å². The summed E-state index contributed by atoms with van der Waals surface area (Å²) in [5, 5.41) is 9.37. The van der Waals surface area contributed by atoms with Gasteiger partial charge in [0.05, 0.1) is 5.75 Å². The van der Waals surface area contributed by atoms with E-state index in [0.717, 1.165) is 41.7 Å². The van der Waals surface area contributed by atoms with Gasteiger partial charge in [-0.05, 0) is 37.6 Å². The number of aryl methyl sites for hydroxylation is 1. The van der Waals surface area contributed by atoms with Gasteiger partial charge >= 0.3 is 0 Å². The summed E-state index contributed by atoms with van der Waals surface area (Å²) in [6.45, 7) is 5.01. The van der Waals surface area contributed by atoms with Crippen LogP contribution in [0.25, 0.3) is 0 Å². The molecule has 0 aliphatic heterocycles. The normalized spacial score (nSPS) is 10.7. The van der Waals surface area contributed by atoms with Crippen molar-refractivity contribution in [3.05, 3.63) is 66.5 Å². The molecule has 0 aliphatic carbocycles. The third-order valence-corrected chi connectivity index (χ3v) is 5.14. The Bertz CT molecular complexity index is 825. The van der Waals surface area contributed by atoms with Crippen molar-refractivity contribution in [3.8, 4) is 0 Å². The molecule has 5 nitrogen and oxygen atoms in total. The second kappa shape index (κ2) is 9.37. The summed E-state index contributed by atoms with van der Waals surface area (Å²) in [5.41, 5.74) is 1.72. The third kappa shape index (κ3) is 4.57. The van der Waals surface area contributed by atoms with Gasteiger partial charge in [0.15, 0.2) is 5.16 Å². The van der Waals surface area contributed by atoms with Crippen LogP contribution >= 0.6 is 11.8 Å². The first kappa shape index (κ1) is 19.2. The number of amides is 1. The number of nitrogens with zero attached hydrogens (tertiary/aromatic N) is 4. The lowest BCUT2D eigenvalue weighted by molar-refractivity contribution is -0.115. The van der Waals surface area contributed by atoms with Crippen LogP contribution in [0.4, 0.5) is 11.4 Å². The van der Waals surface area contributed by atoms with Crippen molar-refractivity contribution >= 4 is 29.0 Å². The number of aromatic nitrogens is 3. The second-order valence-electron chi connectivity index (χ2n) is 6.08. The zero-order valence-electron chi connectivity index (χ0n) is 15.7. The van der Waals surface area contributed by atoms with E-state index in [1.54, 1.807) is 4.90 Å². The number of rotatable bonds is 8. The monoisotopic (exact) mass is 380 g/mol. The van der Waals surface area contributed by atoms with Gasteiger partial charge in [0.25, 0.3) is 0 Å². The minimum atomic E-state index is 0.0140. The summed E-state index contributed by atoms with van der Waals surface area (Å²) in [6, 6.07) is 19.5. The molecule has 3 aromatic rings. The lowest BCUT2D eigenvalue weighted by Crippen LogP contribution is -2.27. The standard InChI is InChI=1S/C21H24N4OS/c1-3-11-19-22-23-21(24(19)4-2)27-16-20(26)25(17-12-7-5-8-13-17)18-14-9-6-10-15-18/h5-10,12-15H,3-4,11,16H2,1-2H3. The predicted octanol–water partition coefficient (Wildman–Crippen LogP) is 4.71. The quantitative estimate of drug-likeness (QED) is 0.531. The molecule has 0 unspecified atom stereocenters. The Labute approximate surface area is 164 Å². The van der Waals surface area contributed by atoms with Crippen LogP contribution in [0.2, 0.25) is 0 Å². The van der Waals surface area contributed by atoms with Crippen molar-refractivity contribution in [1.29, 1.82) is 0 Å². The third-order valence-electron chi connectivity index (χ3n) is 4.19. The highest BCUT2D eigenvalue weighted by Crippen LogP contribution is 2.27. The fourth-order valence-electron chi connectivity index (χ4n) is 2.93. The molecular formula is C21H24N4OS. The van der Waals surface area contributed by atoms with Crippen LogP contribution in [-0.2, 0) is 17.8 Å². The Hall–Kier alpha value is -2.60. The molecule has 6 heteroatoms. The number of anilines is 2. The summed E-state index contributed by atoms with van der Waals surface area (Å²) in [7, 11) is 0. The average molecular weight is 381 g/mol. The molecule has 0 saturated carbocycles. The van der Waals surface area contributed by atoms with Gasteiger partial charge in [-0.15, -0.1) is 10.2 Å². The topological polar surface area (TPSA) is 51.0 Å². The van der Waals surface area contributed by atoms with E-state index in [0.29, 0.717) is 5.75 Å². The van der Waals surface area contributed by atoms with Crippen LogP contribution in [0.3, 0.4) is 0 Å². The van der Waals surface area contributed by atoms with Crippen LogP contribution in [0, 0.1) is 0 Å². The molecule has 0 radical (unpaired) electrons. The van der Waals surface area contributed by atoms with Gasteiger partial charge < -0.3 is 4.57 Å². The highest BCUT2D eigenvalue weighted by atomic mass is 32.2. The van der Waals surface area contributed by atoms with Crippen molar-refractivity contribution in [2.45, 2.75) is 38.4 Å². The molecule has 3 rings (SSSR count). The first-order chi connectivity index (χ1) is 13.2. The van der Waals surface area contributed by atoms with Gasteiger partial charge in [-0.3, -0.25) is 9.69 Å². The molecule has 2 aromatic carbocycles. The first-order valence-corrected chi connectivity index (χ1v) is 10.2. The van der Waals surface area contributed by atoms with E-state index < -0.39 is 0 Å². The van der Waals surface area contributed by atoms with Crippen molar-refractivity contribution in [2.24, 2.45) is 0 Å². The molecule has 0 aliphatic rings. The number of hydrogen-bond donors (Lipinski definition) is 0. The molecule has 0 N–H and O–H groups in total. The minimum absolute atomic E-state index is 0.0140. The van der Waals surface area contributed by atoms with Gasteiger partial charge in [0.2, 0.25) is 5.91 Å². The van der Waals surface area contributed by atoms with E-state index in [-0.39, 0.29) is 5.91 Å². The SMILES string of the molecule is CCCc1nnc(SCC(=O)N(c2ccccc2)c2ccccc2)n1CC. The molecule has 1 heterocycles. The largest absolute Gasteiger partial charge is 0.306 e. The van der Waals surface area contributed by atoms with Crippen molar-refractivity contribution in [3.63, 3.8) is 0 Å². The molecular weight excluding hydrogens is 356 g/mol. The number of hydrogen-bond acceptors (Lipinski definition) is 4. The van der Waals surface area contributed by atoms with Gasteiger partial charge in [0.1, 0.15) is 5.82 Å². The second-order valence-corrected chi connectivity index (χ2v) is 7.02. The highest BCUT2D eigenvalue weighted by molar-refractivity contribution is 7.99. The number of para-hydroxylation sites is 2. The Kier molecular flexibility index (Phi) is 6.65. The zero-order chi connectivity index (χ0) is 19.1. The molecule has 0 atom stereocenters. The lowest BCUT2D eigenvalue weighted by atomic mass is 10.2. The van der Waals surface area contributed by atoms with Crippen LogP contribution in [-0.4, -0.2) is 26.4 Å². The van der Waals surface area contributed by atoms with E-state index in [1.165, 1.54) is 11.8 Å². The number of carbonyl (C=O) groups is 1. The number of benzene rings is 2. The molecule has 27 heavy (non-hydrogen) atoms. The van der Waals surface area contributed by atoms with Gasteiger partial charge in [-0.1, -0.05) is 55.1 Å². The summed E-state index contributed by atoms with van der Waals surface area (Å²) in [5.74, 6) is 1.30. The van der Waals surface area contributed by atoms with Crippen LogP contribution in [0.5, 0.6) is 0 Å². The van der Waals surface area contributed by atoms with E-state index in [2.05, 4.69) is 28.6 Å². The van der Waals surface area contributed by atoms with E-state index in [1.807, 2.05) is 60.7 Å². The molecule has 0 spiro atoms. The summed E-state index contributed by atoms with van der Waals surface area (Å²) < 4.78 is 2.09. The summed E-state index contributed by atoms with van der Waals surface area (Å²) in [6.07, 6.45) is 1.92. The zero-order valence-corrected chi connectivity index (χ0v) is 16.5. The smallest absolute Gasteiger partial charge is 0.242 e. The summed E-state index contributed by atoms with van der Waals surface area (Å²) >= 11 is 1.44. The molecule has 1 amide bonds. The van der Waals surface area contributed by atoms with Crippen molar-refractivity contribution in [2.75, 3.05) is 10.7 Å². The molecule has 0 fully saturated rings. The molecule has 0 bridgehead atoms. The maximum Gasteiger partial charge on any atom is 0.242 e. The van der Waals surface area contributed by atoms with E-state index >= 15 is 0 Å². The van der Waals surface area contributed by atoms with Crippen LogP contribution in [0.15, 0.2) is 65.8 Å². The Morgan fingerprint density at radius 3 is 2.07 bits per heavy atom. The van der Waals surface area contributed by atoms with Crippen molar-refractivity contribution < 1.29 is 4.79 Å². The number of carbonyl (C=O) groups excluding carboxylic acids is 1. The number of thioether (sulfide) groups is 1. The average Bonchev–Trinajstić information content (AvgIpc) is 3.10. The van der Waals surface area contributed by atoms with Crippen LogP contribution in [0.1, 0.15) is 26.1 Å². The lowest BCUT2D eigenvalue weighted by Gasteiger charge is -2.23. The summed E-state index contributed by atoms with van der Waals surface area (Å²) in [4.78, 5) is 14.9. The Morgan fingerprint density at radius 1 is 0.963 bits per heavy atom. The fourth-order valence-corrected chi connectivity index (χ4v) is 3.80.